The molecule has 0 bridgehead atoms. The molecule has 0 radical (unpaired) electrons. The third kappa shape index (κ3) is 5.78. The monoisotopic (exact) mass is 439 g/mol. The lowest BCUT2D eigenvalue weighted by molar-refractivity contribution is 0.0872. The van der Waals surface area contributed by atoms with Crippen LogP contribution in [0.1, 0.15) is 53.4 Å². The van der Waals surface area contributed by atoms with Gasteiger partial charge in [-0.05, 0) is 61.9 Å². The van der Waals surface area contributed by atoms with E-state index in [-0.39, 0.29) is 17.6 Å². The Morgan fingerprint density at radius 3 is 2.79 bits per heavy atom. The maximum absolute atomic E-state index is 13.0. The second-order valence-electron chi connectivity index (χ2n) is 8.67. The molecule has 0 aliphatic heterocycles. The fourth-order valence-corrected chi connectivity index (χ4v) is 3.94. The highest BCUT2D eigenvalue weighted by Gasteiger charge is 2.29. The number of ether oxygens (including phenoxy) is 1. The summed E-state index contributed by atoms with van der Waals surface area (Å²) in [6, 6.07) is 16.3. The van der Waals surface area contributed by atoms with Crippen molar-refractivity contribution >= 4 is 11.4 Å². The Kier molecular flexibility index (Phi) is 7.04. The number of carbonyl (C=O) groups excluding carboxylic acids is 1. The molecule has 1 atom stereocenters. The molecule has 0 spiro atoms. The summed E-state index contributed by atoms with van der Waals surface area (Å²) >= 11 is 0. The number of hydrogen-bond acceptors (Lipinski definition) is 4. The summed E-state index contributed by atoms with van der Waals surface area (Å²) in [4.78, 5) is 17.3. The molecule has 2 aromatic carbocycles. The second-order valence-corrected chi connectivity index (χ2v) is 8.67. The summed E-state index contributed by atoms with van der Waals surface area (Å²) < 4.78 is 11.7. The van der Waals surface area contributed by atoms with Crippen molar-refractivity contribution in [1.82, 2.24) is 4.98 Å². The first-order valence-electron chi connectivity index (χ1n) is 11.3. The number of aryl methyl sites for hydroxylation is 1. The Labute approximate surface area is 195 Å². The molecule has 4 rings (SSSR count). The van der Waals surface area contributed by atoms with Gasteiger partial charge in [0, 0.05) is 11.5 Å². The zero-order valence-electron chi connectivity index (χ0n) is 19.2. The summed E-state index contributed by atoms with van der Waals surface area (Å²) in [5.41, 5.74) is 5.46. The number of oxazole rings is 1. The third-order valence-corrected chi connectivity index (χ3v) is 5.79. The van der Waals surface area contributed by atoms with Crippen LogP contribution in [0.3, 0.4) is 0 Å². The zero-order chi connectivity index (χ0) is 23.2. The minimum atomic E-state index is -0.130. The zero-order valence-corrected chi connectivity index (χ0v) is 19.2. The van der Waals surface area contributed by atoms with Crippen molar-refractivity contribution in [3.63, 3.8) is 0 Å². The van der Waals surface area contributed by atoms with Gasteiger partial charge in [-0.25, -0.2) is 4.98 Å². The summed E-state index contributed by atoms with van der Waals surface area (Å²) in [6.45, 7) is 8.60. The van der Waals surface area contributed by atoms with Crippen molar-refractivity contribution in [2.75, 3.05) is 0 Å². The fourth-order valence-electron chi connectivity index (χ4n) is 3.94. The molecule has 0 fully saturated rings. The molecule has 0 N–H and O–H groups in total. The third-order valence-electron chi connectivity index (χ3n) is 5.79. The van der Waals surface area contributed by atoms with Gasteiger partial charge in [0.05, 0.1) is 6.20 Å². The van der Waals surface area contributed by atoms with Gasteiger partial charge in [-0.15, -0.1) is 0 Å². The number of ketones is 1. The molecule has 1 heterocycles. The summed E-state index contributed by atoms with van der Waals surface area (Å²) in [6.07, 6.45) is 9.63. The molecule has 4 nitrogen and oxygen atoms in total. The maximum Gasteiger partial charge on any atom is 0.263 e. The normalized spacial score (nSPS) is 15.2. The van der Waals surface area contributed by atoms with Gasteiger partial charge in [0.2, 0.25) is 5.78 Å². The first-order valence-corrected chi connectivity index (χ1v) is 11.3. The smallest absolute Gasteiger partial charge is 0.263 e. The van der Waals surface area contributed by atoms with E-state index >= 15 is 0 Å². The number of aromatic nitrogens is 1. The molecule has 1 aliphatic carbocycles. The lowest BCUT2D eigenvalue weighted by Gasteiger charge is -2.23. The number of rotatable bonds is 8. The largest absolute Gasteiger partial charge is 0.489 e. The number of nitrogens with zero attached hydrogens (tertiary/aromatic N) is 1. The van der Waals surface area contributed by atoms with E-state index in [1.165, 1.54) is 16.7 Å². The number of carbonyl (C=O) groups is 1. The molecule has 1 unspecified atom stereocenters. The van der Waals surface area contributed by atoms with Crippen LogP contribution in [-0.4, -0.2) is 10.8 Å². The average Bonchev–Trinajstić information content (AvgIpc) is 3.33. The maximum atomic E-state index is 13.0. The molecule has 0 saturated carbocycles. The number of allylic oxidation sites excluding steroid dienone is 5. The van der Waals surface area contributed by atoms with Gasteiger partial charge in [-0.2, -0.15) is 0 Å². The Morgan fingerprint density at radius 2 is 2.00 bits per heavy atom. The fraction of sp³-hybridized carbons (Fsp3) is 0.241. The summed E-state index contributed by atoms with van der Waals surface area (Å²) in [5, 5.41) is 0. The SMILES string of the molecule is C=C(/C=C\C=C(C)C)c1cnc(C(=O)C2CCc3cc(OCc4ccccc4)ccc3C2)o1. The molecule has 0 amide bonds. The van der Waals surface area contributed by atoms with Crippen molar-refractivity contribution < 1.29 is 13.9 Å². The van der Waals surface area contributed by atoms with Crippen LogP contribution in [0.25, 0.3) is 5.57 Å². The van der Waals surface area contributed by atoms with Crippen LogP contribution >= 0.6 is 0 Å². The first-order chi connectivity index (χ1) is 16.0. The second kappa shape index (κ2) is 10.3. The van der Waals surface area contributed by atoms with Gasteiger partial charge >= 0.3 is 0 Å². The Hall–Kier alpha value is -3.66. The van der Waals surface area contributed by atoms with E-state index in [0.717, 1.165) is 24.2 Å². The Morgan fingerprint density at radius 1 is 1.18 bits per heavy atom. The average molecular weight is 440 g/mol. The highest BCUT2D eigenvalue weighted by Crippen LogP contribution is 2.31. The summed E-state index contributed by atoms with van der Waals surface area (Å²) in [5.74, 6) is 1.37. The lowest BCUT2D eigenvalue weighted by Crippen LogP contribution is -2.23. The van der Waals surface area contributed by atoms with Crippen molar-refractivity contribution in [3.05, 3.63) is 113 Å². The van der Waals surface area contributed by atoms with E-state index in [0.29, 0.717) is 24.4 Å². The van der Waals surface area contributed by atoms with Crippen LogP contribution in [0.2, 0.25) is 0 Å². The minimum Gasteiger partial charge on any atom is -0.489 e. The van der Waals surface area contributed by atoms with Crippen LogP contribution < -0.4 is 4.74 Å². The van der Waals surface area contributed by atoms with E-state index in [1.54, 1.807) is 6.20 Å². The van der Waals surface area contributed by atoms with Crippen LogP contribution in [0.5, 0.6) is 5.75 Å². The lowest BCUT2D eigenvalue weighted by atomic mass is 9.81. The highest BCUT2D eigenvalue weighted by molar-refractivity contribution is 5.94. The highest BCUT2D eigenvalue weighted by atomic mass is 16.5. The molecular weight excluding hydrogens is 410 g/mol. The Bertz CT molecular complexity index is 1200. The van der Waals surface area contributed by atoms with Gasteiger partial charge < -0.3 is 9.15 Å². The molecule has 4 heteroatoms. The molecule has 3 aromatic rings. The standard InChI is InChI=1S/C29H29NO3/c1-20(2)8-7-9-21(3)27-18-30-29(33-27)28(31)25-13-12-24-17-26(15-14-23(24)16-25)32-19-22-10-5-4-6-11-22/h4-11,14-15,17-18,25H,3,12-13,16,19H2,1-2H3/b9-7-. The van der Waals surface area contributed by atoms with E-state index in [2.05, 4.69) is 35.8 Å². The van der Waals surface area contributed by atoms with E-state index in [9.17, 15) is 4.79 Å². The van der Waals surface area contributed by atoms with Crippen LogP contribution in [0.15, 0.2) is 89.5 Å². The predicted molar refractivity (Wildman–Crippen MR) is 131 cm³/mol. The molecule has 0 saturated heterocycles. The van der Waals surface area contributed by atoms with E-state index < -0.39 is 0 Å². The van der Waals surface area contributed by atoms with Crippen LogP contribution in [-0.2, 0) is 19.4 Å². The molecule has 168 valence electrons. The number of benzene rings is 2. The number of fused-ring (bicyclic) bond motifs is 1. The molecular formula is C29H29NO3. The number of hydrogen-bond donors (Lipinski definition) is 0. The molecule has 1 aromatic heterocycles. The van der Waals surface area contributed by atoms with Gasteiger partial charge in [0.1, 0.15) is 12.4 Å². The summed E-state index contributed by atoms with van der Waals surface area (Å²) in [7, 11) is 0. The van der Waals surface area contributed by atoms with Crippen LogP contribution in [0, 0.1) is 5.92 Å². The van der Waals surface area contributed by atoms with Crippen molar-refractivity contribution in [3.8, 4) is 5.75 Å². The quantitative estimate of drug-likeness (QED) is 0.287. The van der Waals surface area contributed by atoms with E-state index in [1.807, 2.05) is 56.3 Å². The predicted octanol–water partition coefficient (Wildman–Crippen LogP) is 6.78. The van der Waals surface area contributed by atoms with Gasteiger partial charge in [0.15, 0.2) is 5.76 Å². The van der Waals surface area contributed by atoms with Gasteiger partial charge in [-0.3, -0.25) is 4.79 Å². The van der Waals surface area contributed by atoms with Crippen LogP contribution in [0.4, 0.5) is 0 Å². The van der Waals surface area contributed by atoms with Gasteiger partial charge in [0.25, 0.3) is 5.89 Å². The topological polar surface area (TPSA) is 52.3 Å². The minimum absolute atomic E-state index is 0.0441. The molecule has 1 aliphatic rings. The Balaban J connectivity index is 1.38. The van der Waals surface area contributed by atoms with Gasteiger partial charge in [-0.1, -0.05) is 66.8 Å². The first kappa shape index (κ1) is 22.5. The van der Waals surface area contributed by atoms with Crippen molar-refractivity contribution in [2.45, 2.75) is 39.7 Å². The number of Topliss-reactive ketones (excluding diaryl/α,β-unsaturated/α-hetero) is 1. The van der Waals surface area contributed by atoms with Crippen molar-refractivity contribution in [1.29, 1.82) is 0 Å². The van der Waals surface area contributed by atoms with Crippen molar-refractivity contribution in [2.24, 2.45) is 5.92 Å². The molecule has 33 heavy (non-hydrogen) atoms. The van der Waals surface area contributed by atoms with E-state index in [4.69, 9.17) is 9.15 Å².